The van der Waals surface area contributed by atoms with Crippen molar-refractivity contribution in [2.24, 2.45) is 0 Å². The van der Waals surface area contributed by atoms with Crippen LogP contribution in [0.4, 0.5) is 0 Å². The molecule has 0 aliphatic carbocycles. The molecule has 0 radical (unpaired) electrons. The van der Waals surface area contributed by atoms with Crippen molar-refractivity contribution in [3.8, 4) is 17.0 Å². The van der Waals surface area contributed by atoms with E-state index < -0.39 is 5.97 Å². The number of hydrogen-bond donors (Lipinski definition) is 1. The standard InChI is InChI=1S/C16H17NO4/c1-4-13-14(17-21-15(13)16(18)19)11-5-7-12(8-6-11)20-9-10(2)3/h5-8H,2,4,9H2,1,3H3,(H,18,19). The second kappa shape index (κ2) is 6.26. The third kappa shape index (κ3) is 3.31. The second-order valence-corrected chi connectivity index (χ2v) is 4.77. The molecule has 2 rings (SSSR count). The van der Waals surface area contributed by atoms with Gasteiger partial charge in [0.05, 0.1) is 0 Å². The van der Waals surface area contributed by atoms with Gasteiger partial charge in [-0.25, -0.2) is 4.79 Å². The first kappa shape index (κ1) is 14.8. The largest absolute Gasteiger partial charge is 0.489 e. The number of hydrogen-bond acceptors (Lipinski definition) is 4. The number of rotatable bonds is 6. The minimum atomic E-state index is -1.10. The third-order valence-corrected chi connectivity index (χ3v) is 2.95. The Hall–Kier alpha value is -2.56. The number of carboxylic acids is 1. The molecule has 0 bridgehead atoms. The van der Waals surface area contributed by atoms with Crippen LogP contribution in [0.25, 0.3) is 11.3 Å². The molecule has 0 atom stereocenters. The molecular weight excluding hydrogens is 270 g/mol. The molecule has 1 aromatic carbocycles. The van der Waals surface area contributed by atoms with Gasteiger partial charge < -0.3 is 14.4 Å². The van der Waals surface area contributed by atoms with Crippen molar-refractivity contribution in [3.05, 3.63) is 47.7 Å². The Bertz CT molecular complexity index is 655. The summed E-state index contributed by atoms with van der Waals surface area (Å²) in [5.41, 5.74) is 2.89. The number of aromatic nitrogens is 1. The second-order valence-electron chi connectivity index (χ2n) is 4.77. The number of carboxylic acid groups (broad SMARTS) is 1. The van der Waals surface area contributed by atoms with Crippen molar-refractivity contribution in [2.45, 2.75) is 20.3 Å². The van der Waals surface area contributed by atoms with E-state index in [-0.39, 0.29) is 5.76 Å². The highest BCUT2D eigenvalue weighted by molar-refractivity contribution is 5.88. The first-order valence-corrected chi connectivity index (χ1v) is 6.62. The van der Waals surface area contributed by atoms with Gasteiger partial charge in [0.15, 0.2) is 0 Å². The first-order valence-electron chi connectivity index (χ1n) is 6.62. The van der Waals surface area contributed by atoms with Crippen LogP contribution in [-0.4, -0.2) is 22.8 Å². The molecule has 110 valence electrons. The molecule has 0 aliphatic heterocycles. The van der Waals surface area contributed by atoms with Crippen LogP contribution in [0, 0.1) is 0 Å². The van der Waals surface area contributed by atoms with Crippen molar-refractivity contribution in [3.63, 3.8) is 0 Å². The van der Waals surface area contributed by atoms with Gasteiger partial charge in [0.1, 0.15) is 18.1 Å². The van der Waals surface area contributed by atoms with E-state index in [1.165, 1.54) is 0 Å². The Labute approximate surface area is 122 Å². The monoisotopic (exact) mass is 287 g/mol. The quantitative estimate of drug-likeness (QED) is 0.822. The smallest absolute Gasteiger partial charge is 0.375 e. The number of benzene rings is 1. The molecule has 1 aromatic heterocycles. The topological polar surface area (TPSA) is 72.6 Å². The summed E-state index contributed by atoms with van der Waals surface area (Å²) in [6.07, 6.45) is 0.536. The Morgan fingerprint density at radius 2 is 2.05 bits per heavy atom. The summed E-state index contributed by atoms with van der Waals surface area (Å²) in [7, 11) is 0. The van der Waals surface area contributed by atoms with Crippen LogP contribution in [0.5, 0.6) is 5.75 Å². The van der Waals surface area contributed by atoms with Gasteiger partial charge in [0.25, 0.3) is 0 Å². The summed E-state index contributed by atoms with van der Waals surface area (Å²) in [5, 5.41) is 12.9. The van der Waals surface area contributed by atoms with Gasteiger partial charge in [0.2, 0.25) is 5.76 Å². The Kier molecular flexibility index (Phi) is 4.42. The lowest BCUT2D eigenvalue weighted by Crippen LogP contribution is -1.99. The average molecular weight is 287 g/mol. The molecule has 0 amide bonds. The summed E-state index contributed by atoms with van der Waals surface area (Å²) in [5.74, 6) is -0.483. The summed E-state index contributed by atoms with van der Waals surface area (Å²) in [6, 6.07) is 7.28. The van der Waals surface area contributed by atoms with E-state index in [0.717, 1.165) is 16.9 Å². The molecule has 0 fully saturated rings. The molecule has 1 N–H and O–H groups in total. The van der Waals surface area contributed by atoms with Crippen molar-refractivity contribution in [2.75, 3.05) is 6.61 Å². The van der Waals surface area contributed by atoms with Crippen LogP contribution < -0.4 is 4.74 Å². The van der Waals surface area contributed by atoms with Gasteiger partial charge in [-0.1, -0.05) is 18.7 Å². The summed E-state index contributed by atoms with van der Waals surface area (Å²) < 4.78 is 10.4. The molecule has 0 spiro atoms. The van der Waals surface area contributed by atoms with Crippen molar-refractivity contribution >= 4 is 5.97 Å². The molecule has 2 aromatic rings. The van der Waals surface area contributed by atoms with E-state index in [4.69, 9.17) is 14.4 Å². The van der Waals surface area contributed by atoms with Crippen LogP contribution in [-0.2, 0) is 6.42 Å². The first-order chi connectivity index (χ1) is 10.0. The normalized spacial score (nSPS) is 10.4. The maximum absolute atomic E-state index is 11.1. The fourth-order valence-corrected chi connectivity index (χ4v) is 1.95. The third-order valence-electron chi connectivity index (χ3n) is 2.95. The molecule has 21 heavy (non-hydrogen) atoms. The Balaban J connectivity index is 2.26. The number of carbonyl (C=O) groups is 1. The van der Waals surface area contributed by atoms with E-state index in [1.807, 2.05) is 38.1 Å². The minimum absolute atomic E-state index is 0.102. The van der Waals surface area contributed by atoms with Crippen molar-refractivity contribution in [1.82, 2.24) is 5.16 Å². The van der Waals surface area contributed by atoms with Gasteiger partial charge >= 0.3 is 5.97 Å². The highest BCUT2D eigenvalue weighted by atomic mass is 16.5. The zero-order valence-corrected chi connectivity index (χ0v) is 12.0. The minimum Gasteiger partial charge on any atom is -0.489 e. The predicted octanol–water partition coefficient (Wildman–Crippen LogP) is 3.56. The van der Waals surface area contributed by atoms with Crippen LogP contribution in [0.1, 0.15) is 30.0 Å². The fourth-order valence-electron chi connectivity index (χ4n) is 1.95. The number of nitrogens with zero attached hydrogens (tertiary/aromatic N) is 1. The number of aromatic carboxylic acids is 1. The molecule has 0 saturated heterocycles. The summed E-state index contributed by atoms with van der Waals surface area (Å²) >= 11 is 0. The van der Waals surface area contributed by atoms with Crippen LogP contribution in [0.3, 0.4) is 0 Å². The zero-order chi connectivity index (χ0) is 15.4. The summed E-state index contributed by atoms with van der Waals surface area (Å²) in [4.78, 5) is 11.1. The van der Waals surface area contributed by atoms with Crippen LogP contribution in [0.15, 0.2) is 40.9 Å². The maximum Gasteiger partial charge on any atom is 0.375 e. The van der Waals surface area contributed by atoms with Gasteiger partial charge in [-0.3, -0.25) is 0 Å². The molecule has 0 saturated carbocycles. The van der Waals surface area contributed by atoms with E-state index >= 15 is 0 Å². The van der Waals surface area contributed by atoms with Gasteiger partial charge in [-0.2, -0.15) is 0 Å². The van der Waals surface area contributed by atoms with E-state index in [2.05, 4.69) is 11.7 Å². The molecule has 0 unspecified atom stereocenters. The lowest BCUT2D eigenvalue weighted by molar-refractivity contribution is 0.0650. The maximum atomic E-state index is 11.1. The lowest BCUT2D eigenvalue weighted by Gasteiger charge is -2.06. The van der Waals surface area contributed by atoms with Gasteiger partial charge in [0, 0.05) is 11.1 Å². The Morgan fingerprint density at radius 3 is 2.57 bits per heavy atom. The molecule has 0 aliphatic rings. The molecule has 1 heterocycles. The number of ether oxygens (including phenoxy) is 1. The van der Waals surface area contributed by atoms with Crippen LogP contribution >= 0.6 is 0 Å². The van der Waals surface area contributed by atoms with E-state index in [0.29, 0.717) is 24.3 Å². The zero-order valence-electron chi connectivity index (χ0n) is 12.0. The fraction of sp³-hybridized carbons (Fsp3) is 0.250. The van der Waals surface area contributed by atoms with Crippen molar-refractivity contribution < 1.29 is 19.2 Å². The van der Waals surface area contributed by atoms with Crippen LogP contribution in [0.2, 0.25) is 0 Å². The Morgan fingerprint density at radius 1 is 1.38 bits per heavy atom. The van der Waals surface area contributed by atoms with E-state index in [1.54, 1.807) is 0 Å². The van der Waals surface area contributed by atoms with Crippen molar-refractivity contribution in [1.29, 1.82) is 0 Å². The lowest BCUT2D eigenvalue weighted by atomic mass is 10.0. The summed E-state index contributed by atoms with van der Waals surface area (Å²) in [6.45, 7) is 8.00. The van der Waals surface area contributed by atoms with Gasteiger partial charge in [-0.05, 0) is 43.2 Å². The average Bonchev–Trinajstić information content (AvgIpc) is 2.89. The molecule has 5 heteroatoms. The van der Waals surface area contributed by atoms with E-state index in [9.17, 15) is 4.79 Å². The molecular formula is C16H17NO4. The predicted molar refractivity (Wildman–Crippen MR) is 78.6 cm³/mol. The SMILES string of the molecule is C=C(C)COc1ccc(-c2noc(C(=O)O)c2CC)cc1. The highest BCUT2D eigenvalue weighted by Crippen LogP contribution is 2.27. The van der Waals surface area contributed by atoms with Gasteiger partial charge in [-0.15, -0.1) is 0 Å². The molecule has 5 nitrogen and oxygen atoms in total. The highest BCUT2D eigenvalue weighted by Gasteiger charge is 2.21.